The lowest BCUT2D eigenvalue weighted by atomic mass is 9.82. The largest absolute Gasteiger partial charge is 0.310 e. The highest BCUT2D eigenvalue weighted by Crippen LogP contribution is 2.45. The number of anilines is 3. The molecule has 0 saturated heterocycles. The van der Waals surface area contributed by atoms with Gasteiger partial charge in [-0.05, 0) is 106 Å². The van der Waals surface area contributed by atoms with E-state index in [2.05, 4.69) is 156 Å². The SMILES string of the molecule is CCC(C)c1cc2c3ccccc3c(N(c3ccc(C)cc3)c3ccc(C)cc3)cc2c2ccc(C(C)(C)C)cc12. The molecule has 0 aliphatic rings. The Morgan fingerprint density at radius 1 is 0.585 bits per heavy atom. The molecule has 1 heteroatoms. The maximum atomic E-state index is 2.49. The number of aryl methyl sites for hydroxylation is 2. The van der Waals surface area contributed by atoms with Gasteiger partial charge in [0.25, 0.3) is 0 Å². The summed E-state index contributed by atoms with van der Waals surface area (Å²) < 4.78 is 0. The van der Waals surface area contributed by atoms with Crippen LogP contribution in [0.3, 0.4) is 0 Å². The van der Waals surface area contributed by atoms with Crippen LogP contribution in [0.4, 0.5) is 17.1 Å². The minimum atomic E-state index is 0.0953. The second-order valence-electron chi connectivity index (χ2n) is 12.8. The molecule has 0 heterocycles. The summed E-state index contributed by atoms with van der Waals surface area (Å²) in [6, 6.07) is 38.9. The van der Waals surface area contributed by atoms with Gasteiger partial charge in [-0.2, -0.15) is 0 Å². The van der Waals surface area contributed by atoms with Crippen molar-refractivity contribution in [2.45, 2.75) is 66.2 Å². The fourth-order valence-electron chi connectivity index (χ4n) is 6.10. The molecule has 0 aliphatic carbocycles. The van der Waals surface area contributed by atoms with Gasteiger partial charge in [0.1, 0.15) is 0 Å². The predicted octanol–water partition coefficient (Wildman–Crippen LogP) is 12.0. The van der Waals surface area contributed by atoms with E-state index >= 15 is 0 Å². The van der Waals surface area contributed by atoms with Gasteiger partial charge in [-0.3, -0.25) is 0 Å². The van der Waals surface area contributed by atoms with E-state index in [0.29, 0.717) is 5.92 Å². The van der Waals surface area contributed by atoms with Gasteiger partial charge in [-0.25, -0.2) is 0 Å². The van der Waals surface area contributed by atoms with E-state index in [4.69, 9.17) is 0 Å². The van der Waals surface area contributed by atoms with Gasteiger partial charge in [-0.15, -0.1) is 0 Å². The molecule has 1 unspecified atom stereocenters. The molecule has 1 nitrogen and oxygen atoms in total. The van der Waals surface area contributed by atoms with E-state index in [9.17, 15) is 0 Å². The molecular weight excluding hydrogens is 494 g/mol. The minimum absolute atomic E-state index is 0.0953. The quantitative estimate of drug-likeness (QED) is 0.198. The monoisotopic (exact) mass is 535 g/mol. The Balaban J connectivity index is 1.75. The zero-order chi connectivity index (χ0) is 28.9. The summed E-state index contributed by atoms with van der Waals surface area (Å²) in [5.41, 5.74) is 9.00. The number of hydrogen-bond donors (Lipinski definition) is 0. The van der Waals surface area contributed by atoms with Crippen LogP contribution in [0, 0.1) is 13.8 Å². The summed E-state index contributed by atoms with van der Waals surface area (Å²) in [6.45, 7) is 15.9. The van der Waals surface area contributed by atoms with Gasteiger partial charge in [0.2, 0.25) is 0 Å². The summed E-state index contributed by atoms with van der Waals surface area (Å²) in [7, 11) is 0. The predicted molar refractivity (Wildman–Crippen MR) is 181 cm³/mol. The number of hydrogen-bond acceptors (Lipinski definition) is 1. The summed E-state index contributed by atoms with van der Waals surface area (Å²) in [4.78, 5) is 2.43. The molecule has 0 radical (unpaired) electrons. The Morgan fingerprint density at radius 3 is 1.68 bits per heavy atom. The summed E-state index contributed by atoms with van der Waals surface area (Å²) in [5, 5.41) is 7.94. The minimum Gasteiger partial charge on any atom is -0.310 e. The first-order chi connectivity index (χ1) is 19.7. The van der Waals surface area contributed by atoms with Gasteiger partial charge in [0.05, 0.1) is 5.69 Å². The van der Waals surface area contributed by atoms with Crippen molar-refractivity contribution in [2.24, 2.45) is 0 Å². The molecule has 206 valence electrons. The summed E-state index contributed by atoms with van der Waals surface area (Å²) >= 11 is 0. The lowest BCUT2D eigenvalue weighted by Crippen LogP contribution is -2.11. The summed E-state index contributed by atoms with van der Waals surface area (Å²) in [5.74, 6) is 0.479. The van der Waals surface area contributed by atoms with Crippen molar-refractivity contribution in [2.75, 3.05) is 4.90 Å². The third-order valence-electron chi connectivity index (χ3n) is 8.82. The Morgan fingerprint density at radius 2 is 1.12 bits per heavy atom. The van der Waals surface area contributed by atoms with Crippen LogP contribution in [0.2, 0.25) is 0 Å². The molecule has 41 heavy (non-hydrogen) atoms. The van der Waals surface area contributed by atoms with Crippen LogP contribution in [0.5, 0.6) is 0 Å². The molecule has 0 saturated carbocycles. The zero-order valence-corrected chi connectivity index (χ0v) is 25.5. The zero-order valence-electron chi connectivity index (χ0n) is 25.5. The lowest BCUT2D eigenvalue weighted by Gasteiger charge is -2.28. The average molecular weight is 536 g/mol. The first-order valence-corrected chi connectivity index (χ1v) is 15.0. The van der Waals surface area contributed by atoms with Crippen LogP contribution in [0.1, 0.15) is 69.2 Å². The molecule has 6 rings (SSSR count). The third kappa shape index (κ3) is 4.88. The molecular formula is C40H41N. The Labute approximate surface area is 245 Å². The van der Waals surface area contributed by atoms with Crippen molar-refractivity contribution in [3.63, 3.8) is 0 Å². The summed E-state index contributed by atoms with van der Waals surface area (Å²) in [6.07, 6.45) is 1.12. The molecule has 0 spiro atoms. The van der Waals surface area contributed by atoms with Crippen LogP contribution >= 0.6 is 0 Å². The highest BCUT2D eigenvalue weighted by atomic mass is 15.1. The molecule has 0 bridgehead atoms. The van der Waals surface area contributed by atoms with Crippen molar-refractivity contribution in [3.05, 3.63) is 125 Å². The van der Waals surface area contributed by atoms with E-state index in [0.717, 1.165) is 6.42 Å². The molecule has 0 aromatic heterocycles. The number of rotatable bonds is 5. The molecule has 1 atom stereocenters. The highest BCUT2D eigenvalue weighted by molar-refractivity contribution is 6.22. The second-order valence-corrected chi connectivity index (χ2v) is 12.8. The van der Waals surface area contributed by atoms with Crippen LogP contribution in [0.15, 0.2) is 103 Å². The van der Waals surface area contributed by atoms with E-state index in [1.807, 2.05) is 0 Å². The standard InChI is InChI=1S/C40H41N/c1-8-28(4)35-24-37-32-11-9-10-12-34(32)39(25-38(37)33-22-17-29(23-36(33)35)40(5,6)7)41(30-18-13-26(2)14-19-30)31-20-15-27(3)16-21-31/h9-25,28H,8H2,1-7H3. The van der Waals surface area contributed by atoms with E-state index < -0.39 is 0 Å². The second kappa shape index (κ2) is 10.4. The first kappa shape index (κ1) is 27.1. The molecule has 0 fully saturated rings. The van der Waals surface area contributed by atoms with Crippen LogP contribution in [-0.4, -0.2) is 0 Å². The van der Waals surface area contributed by atoms with Crippen molar-refractivity contribution >= 4 is 49.4 Å². The lowest BCUT2D eigenvalue weighted by molar-refractivity contribution is 0.591. The number of fused-ring (bicyclic) bond motifs is 5. The fourth-order valence-corrected chi connectivity index (χ4v) is 6.10. The fraction of sp³-hybridized carbons (Fsp3) is 0.250. The molecule has 6 aromatic carbocycles. The smallest absolute Gasteiger partial charge is 0.0546 e. The molecule has 0 aliphatic heterocycles. The molecule has 6 aromatic rings. The molecule has 0 amide bonds. The maximum absolute atomic E-state index is 2.49. The maximum Gasteiger partial charge on any atom is 0.0546 e. The van der Waals surface area contributed by atoms with Gasteiger partial charge >= 0.3 is 0 Å². The Kier molecular flexibility index (Phi) is 6.86. The van der Waals surface area contributed by atoms with E-state index in [1.165, 1.54) is 71.6 Å². The average Bonchev–Trinajstić information content (AvgIpc) is 2.97. The molecule has 0 N–H and O–H groups in total. The van der Waals surface area contributed by atoms with Crippen molar-refractivity contribution in [1.29, 1.82) is 0 Å². The van der Waals surface area contributed by atoms with Crippen LogP contribution in [-0.2, 0) is 5.41 Å². The third-order valence-corrected chi connectivity index (χ3v) is 8.82. The van der Waals surface area contributed by atoms with Crippen LogP contribution < -0.4 is 4.90 Å². The van der Waals surface area contributed by atoms with E-state index in [-0.39, 0.29) is 5.41 Å². The topological polar surface area (TPSA) is 3.24 Å². The van der Waals surface area contributed by atoms with Gasteiger partial charge in [0.15, 0.2) is 0 Å². The highest BCUT2D eigenvalue weighted by Gasteiger charge is 2.21. The van der Waals surface area contributed by atoms with Gasteiger partial charge in [-0.1, -0.05) is 112 Å². The Bertz CT molecular complexity index is 1820. The van der Waals surface area contributed by atoms with Crippen molar-refractivity contribution in [1.82, 2.24) is 0 Å². The van der Waals surface area contributed by atoms with Crippen molar-refractivity contribution in [3.8, 4) is 0 Å². The normalized spacial score (nSPS) is 12.8. The Hall–Kier alpha value is -4.10. The van der Waals surface area contributed by atoms with Gasteiger partial charge in [0, 0.05) is 16.8 Å². The number of benzene rings is 6. The van der Waals surface area contributed by atoms with Gasteiger partial charge < -0.3 is 4.90 Å². The first-order valence-electron chi connectivity index (χ1n) is 15.0. The van der Waals surface area contributed by atoms with Crippen molar-refractivity contribution < 1.29 is 0 Å². The van der Waals surface area contributed by atoms with Crippen LogP contribution in [0.25, 0.3) is 32.3 Å². The van der Waals surface area contributed by atoms with E-state index in [1.54, 1.807) is 0 Å². The number of nitrogens with zero attached hydrogens (tertiary/aromatic N) is 1.